The van der Waals surface area contributed by atoms with E-state index in [2.05, 4.69) is 9.64 Å². The van der Waals surface area contributed by atoms with Gasteiger partial charge in [-0.1, -0.05) is 35.3 Å². The number of benzene rings is 2. The zero-order valence-electron chi connectivity index (χ0n) is 16.5. The van der Waals surface area contributed by atoms with Crippen LogP contribution in [0.3, 0.4) is 0 Å². The second-order valence-corrected chi connectivity index (χ2v) is 8.04. The number of rotatable bonds is 4. The van der Waals surface area contributed by atoms with Crippen LogP contribution in [0.25, 0.3) is 11.0 Å². The Morgan fingerprint density at radius 1 is 1.09 bits per heavy atom. The van der Waals surface area contributed by atoms with Crippen molar-refractivity contribution >= 4 is 46.0 Å². The quantitative estimate of drug-likeness (QED) is 0.445. The smallest absolute Gasteiger partial charge is 0.449 e. The normalized spacial score (nSPS) is 15.3. The van der Waals surface area contributed by atoms with Gasteiger partial charge in [0.05, 0.1) is 21.3 Å². The number of alkyl halides is 3. The number of hydrogen-bond acceptors (Lipinski definition) is 5. The highest BCUT2D eigenvalue weighted by Gasteiger charge is 2.34. The predicted octanol–water partition coefficient (Wildman–Crippen LogP) is 6.14. The highest BCUT2D eigenvalue weighted by Crippen LogP contribution is 2.39. The maximum absolute atomic E-state index is 13.1. The van der Waals surface area contributed by atoms with E-state index in [4.69, 9.17) is 32.7 Å². The van der Waals surface area contributed by atoms with E-state index in [1.54, 1.807) is 18.2 Å². The standard InChI is InChI=1S/C21H17Cl2F3N2O4/c22-18-12(2-1-3-14(18)21(24,25)26)11-27-6-8-28(9-7-27)15-4-5-16-13(19(15)23)10-17(31-16)32-20(29)30/h1-5,10H,6-9,11H2,(H,29,30). The minimum Gasteiger partial charge on any atom is -0.449 e. The summed E-state index contributed by atoms with van der Waals surface area (Å²) in [6.45, 7) is 2.69. The van der Waals surface area contributed by atoms with Gasteiger partial charge in [0.25, 0.3) is 5.95 Å². The number of anilines is 1. The summed E-state index contributed by atoms with van der Waals surface area (Å²) in [5, 5.41) is 9.39. The van der Waals surface area contributed by atoms with Crippen LogP contribution in [0.2, 0.25) is 10.0 Å². The number of furan rings is 1. The molecule has 1 aliphatic heterocycles. The Morgan fingerprint density at radius 2 is 1.81 bits per heavy atom. The van der Waals surface area contributed by atoms with Crippen LogP contribution in [-0.4, -0.2) is 42.3 Å². The summed E-state index contributed by atoms with van der Waals surface area (Å²) in [6.07, 6.45) is -5.98. The molecule has 0 saturated carbocycles. The molecular formula is C21H17Cl2F3N2O4. The Labute approximate surface area is 190 Å². The first kappa shape index (κ1) is 22.6. The number of nitrogens with zero attached hydrogens (tertiary/aromatic N) is 2. The number of halogens is 5. The minimum absolute atomic E-state index is 0.172. The largest absolute Gasteiger partial charge is 0.513 e. The monoisotopic (exact) mass is 488 g/mol. The number of piperazine rings is 1. The van der Waals surface area contributed by atoms with Crippen molar-refractivity contribution in [2.24, 2.45) is 0 Å². The predicted molar refractivity (Wildman–Crippen MR) is 114 cm³/mol. The van der Waals surface area contributed by atoms with Crippen LogP contribution in [0, 0.1) is 0 Å². The van der Waals surface area contributed by atoms with E-state index in [0.29, 0.717) is 54.3 Å². The molecule has 6 nitrogen and oxygen atoms in total. The van der Waals surface area contributed by atoms with E-state index in [0.717, 1.165) is 11.8 Å². The molecule has 1 saturated heterocycles. The van der Waals surface area contributed by atoms with Gasteiger partial charge in [-0.15, -0.1) is 0 Å². The van der Waals surface area contributed by atoms with Crippen molar-refractivity contribution < 1.29 is 32.2 Å². The first-order chi connectivity index (χ1) is 15.1. The summed E-state index contributed by atoms with van der Waals surface area (Å²) in [5.74, 6) is -0.172. The minimum atomic E-state index is -4.50. The molecule has 1 fully saturated rings. The molecule has 0 atom stereocenters. The lowest BCUT2D eigenvalue weighted by Crippen LogP contribution is -2.46. The number of hydrogen-bond donors (Lipinski definition) is 1. The molecule has 0 aliphatic carbocycles. The van der Waals surface area contributed by atoms with Crippen molar-refractivity contribution in [1.82, 2.24) is 4.90 Å². The third-order valence-electron chi connectivity index (χ3n) is 5.27. The molecule has 2 heterocycles. The van der Waals surface area contributed by atoms with Crippen LogP contribution >= 0.6 is 23.2 Å². The number of fused-ring (bicyclic) bond motifs is 1. The summed E-state index contributed by atoms with van der Waals surface area (Å²) in [5.41, 5.74) is 0.743. The van der Waals surface area contributed by atoms with Crippen LogP contribution in [0.15, 0.2) is 40.8 Å². The molecule has 4 rings (SSSR count). The van der Waals surface area contributed by atoms with Crippen molar-refractivity contribution in [3.8, 4) is 5.95 Å². The molecule has 1 aliphatic rings. The summed E-state index contributed by atoms with van der Waals surface area (Å²) >= 11 is 12.5. The average Bonchev–Trinajstić information content (AvgIpc) is 3.12. The Hall–Kier alpha value is -2.62. The van der Waals surface area contributed by atoms with Gasteiger partial charge in [0, 0.05) is 44.2 Å². The lowest BCUT2D eigenvalue weighted by atomic mass is 10.1. The highest BCUT2D eigenvalue weighted by atomic mass is 35.5. The maximum atomic E-state index is 13.1. The molecule has 2 aromatic carbocycles. The zero-order chi connectivity index (χ0) is 23.0. The molecule has 0 radical (unpaired) electrons. The Kier molecular flexibility index (Phi) is 6.15. The van der Waals surface area contributed by atoms with Gasteiger partial charge in [-0.05, 0) is 23.8 Å². The molecule has 32 heavy (non-hydrogen) atoms. The summed E-state index contributed by atoms with van der Waals surface area (Å²) < 4.78 is 49.2. The maximum Gasteiger partial charge on any atom is 0.513 e. The van der Waals surface area contributed by atoms with Gasteiger partial charge >= 0.3 is 12.3 Å². The Bertz CT molecular complexity index is 1160. The molecule has 0 bridgehead atoms. The lowest BCUT2D eigenvalue weighted by molar-refractivity contribution is -0.137. The third kappa shape index (κ3) is 4.60. The topological polar surface area (TPSA) is 66.2 Å². The molecular weight excluding hydrogens is 472 g/mol. The van der Waals surface area contributed by atoms with E-state index in [1.165, 1.54) is 12.1 Å². The van der Waals surface area contributed by atoms with Crippen LogP contribution in [0.1, 0.15) is 11.1 Å². The number of carboxylic acid groups (broad SMARTS) is 1. The van der Waals surface area contributed by atoms with E-state index < -0.39 is 17.9 Å². The van der Waals surface area contributed by atoms with Gasteiger partial charge in [-0.3, -0.25) is 4.90 Å². The number of ether oxygens (including phenoxy) is 1. The van der Waals surface area contributed by atoms with Gasteiger partial charge in [0.2, 0.25) is 0 Å². The van der Waals surface area contributed by atoms with Crippen molar-refractivity contribution in [3.05, 3.63) is 57.6 Å². The molecule has 11 heteroatoms. The fourth-order valence-corrected chi connectivity index (χ4v) is 4.36. The van der Waals surface area contributed by atoms with Gasteiger partial charge in [0.1, 0.15) is 5.58 Å². The molecule has 170 valence electrons. The molecule has 1 aromatic heterocycles. The molecule has 0 amide bonds. The van der Waals surface area contributed by atoms with Gasteiger partial charge in [-0.2, -0.15) is 13.2 Å². The van der Waals surface area contributed by atoms with Gasteiger partial charge in [-0.25, -0.2) is 4.79 Å². The van der Waals surface area contributed by atoms with E-state index in [-0.39, 0.29) is 11.0 Å². The van der Waals surface area contributed by atoms with Crippen LogP contribution in [0.5, 0.6) is 5.95 Å². The van der Waals surface area contributed by atoms with Crippen LogP contribution < -0.4 is 9.64 Å². The van der Waals surface area contributed by atoms with E-state index >= 15 is 0 Å². The Morgan fingerprint density at radius 3 is 2.47 bits per heavy atom. The van der Waals surface area contributed by atoms with Crippen molar-refractivity contribution in [1.29, 1.82) is 0 Å². The van der Waals surface area contributed by atoms with Gasteiger partial charge < -0.3 is 19.2 Å². The van der Waals surface area contributed by atoms with Crippen molar-refractivity contribution in [2.45, 2.75) is 12.7 Å². The average molecular weight is 489 g/mol. The fraction of sp³-hybridized carbons (Fsp3) is 0.286. The first-order valence-electron chi connectivity index (χ1n) is 9.58. The molecule has 3 aromatic rings. The van der Waals surface area contributed by atoms with E-state index in [9.17, 15) is 18.0 Å². The SMILES string of the molecule is O=C(O)Oc1cc2c(Cl)c(N3CCN(Cc4cccc(C(F)(F)F)c4Cl)CC3)ccc2o1. The van der Waals surface area contributed by atoms with E-state index in [1.807, 2.05) is 4.90 Å². The van der Waals surface area contributed by atoms with Gasteiger partial charge in [0.15, 0.2) is 0 Å². The summed E-state index contributed by atoms with van der Waals surface area (Å²) in [6, 6.07) is 8.82. The zero-order valence-corrected chi connectivity index (χ0v) is 18.0. The summed E-state index contributed by atoms with van der Waals surface area (Å²) in [4.78, 5) is 14.8. The second-order valence-electron chi connectivity index (χ2n) is 7.28. The van der Waals surface area contributed by atoms with Crippen LogP contribution in [0.4, 0.5) is 23.7 Å². The number of carbonyl (C=O) groups is 1. The molecule has 0 unspecified atom stereocenters. The molecule has 0 spiro atoms. The van der Waals surface area contributed by atoms with Crippen LogP contribution in [-0.2, 0) is 12.7 Å². The molecule has 1 N–H and O–H groups in total. The highest BCUT2D eigenvalue weighted by molar-refractivity contribution is 6.38. The van der Waals surface area contributed by atoms with Crippen molar-refractivity contribution in [2.75, 3.05) is 31.1 Å². The third-order valence-corrected chi connectivity index (χ3v) is 6.11. The summed E-state index contributed by atoms with van der Waals surface area (Å²) in [7, 11) is 0. The second kappa shape index (κ2) is 8.73. The van der Waals surface area contributed by atoms with Crippen molar-refractivity contribution in [3.63, 3.8) is 0 Å². The first-order valence-corrected chi connectivity index (χ1v) is 10.3. The lowest BCUT2D eigenvalue weighted by Gasteiger charge is -2.36. The Balaban J connectivity index is 1.46. The fourth-order valence-electron chi connectivity index (χ4n) is 3.73.